The molecule has 0 aliphatic carbocycles. The van der Waals surface area contributed by atoms with Crippen LogP contribution in [-0.4, -0.2) is 0 Å². The molecule has 1 heteroatoms. The van der Waals surface area contributed by atoms with Crippen molar-refractivity contribution in [2.75, 3.05) is 0 Å². The second-order valence-corrected chi connectivity index (χ2v) is 2.75. The van der Waals surface area contributed by atoms with Crippen LogP contribution in [0.15, 0.2) is 36.7 Å². The number of rotatable bonds is 5. The normalized spacial score (nSPS) is 9.27. The van der Waals surface area contributed by atoms with Crippen molar-refractivity contribution in [3.05, 3.63) is 36.7 Å². The molecule has 0 saturated heterocycles. The summed E-state index contributed by atoms with van der Waals surface area (Å²) >= 11 is 0. The lowest BCUT2D eigenvalue weighted by molar-refractivity contribution is 0.577. The third-order valence-electron chi connectivity index (χ3n) is 1.53. The van der Waals surface area contributed by atoms with Crippen LogP contribution in [-0.2, 0) is 0 Å². The predicted molar refractivity (Wildman–Crippen MR) is 48.1 cm³/mol. The lowest BCUT2D eigenvalue weighted by atomic mass is 10.0. The van der Waals surface area contributed by atoms with Crippen LogP contribution in [0.4, 0.5) is 4.39 Å². The highest BCUT2D eigenvalue weighted by Crippen LogP contribution is 2.14. The van der Waals surface area contributed by atoms with Crippen molar-refractivity contribution in [2.45, 2.75) is 26.2 Å². The van der Waals surface area contributed by atoms with Crippen molar-refractivity contribution >= 4 is 0 Å². The fourth-order valence-electron chi connectivity index (χ4n) is 0.707. The number of hydrogen-bond acceptors (Lipinski definition) is 0. The lowest BCUT2D eigenvalue weighted by Gasteiger charge is -2.02. The van der Waals surface area contributed by atoms with Gasteiger partial charge in [-0.05, 0) is 26.2 Å². The topological polar surface area (TPSA) is 0 Å². The van der Waals surface area contributed by atoms with E-state index in [1.807, 2.05) is 6.92 Å². The summed E-state index contributed by atoms with van der Waals surface area (Å²) in [6.07, 6.45) is 2.03. The zero-order valence-corrected chi connectivity index (χ0v) is 7.12. The van der Waals surface area contributed by atoms with Gasteiger partial charge >= 0.3 is 0 Å². The van der Waals surface area contributed by atoms with E-state index < -0.39 is 0 Å². The minimum absolute atomic E-state index is 0.250. The highest BCUT2D eigenvalue weighted by atomic mass is 19.1. The van der Waals surface area contributed by atoms with Gasteiger partial charge in [-0.1, -0.05) is 30.9 Å². The van der Waals surface area contributed by atoms with Crippen LogP contribution < -0.4 is 0 Å². The van der Waals surface area contributed by atoms with Gasteiger partial charge in [0.05, 0.1) is 5.83 Å². The minimum atomic E-state index is -0.250. The van der Waals surface area contributed by atoms with Crippen LogP contribution in [0.25, 0.3) is 0 Å². The van der Waals surface area contributed by atoms with Crippen molar-refractivity contribution in [3.63, 3.8) is 0 Å². The fourth-order valence-corrected chi connectivity index (χ4v) is 0.707. The molecule has 0 rings (SSSR count). The summed E-state index contributed by atoms with van der Waals surface area (Å²) in [5.74, 6) is -0.250. The predicted octanol–water partition coefficient (Wildman–Crippen LogP) is 3.77. The molecular formula is C10H15F. The Morgan fingerprint density at radius 2 is 1.73 bits per heavy atom. The first-order valence-corrected chi connectivity index (χ1v) is 3.71. The minimum Gasteiger partial charge on any atom is -0.212 e. The average molecular weight is 154 g/mol. The number of hydrogen-bond donors (Lipinski definition) is 0. The van der Waals surface area contributed by atoms with Gasteiger partial charge in [0, 0.05) is 0 Å². The first kappa shape index (κ1) is 10.2. The highest BCUT2D eigenvalue weighted by molar-refractivity contribution is 5.22. The van der Waals surface area contributed by atoms with Gasteiger partial charge in [-0.2, -0.15) is 0 Å². The Morgan fingerprint density at radius 1 is 1.18 bits per heavy atom. The first-order chi connectivity index (χ1) is 5.04. The lowest BCUT2D eigenvalue weighted by Crippen LogP contribution is -1.83. The molecule has 0 nitrogen and oxygen atoms in total. The smallest absolute Gasteiger partial charge is 0.0928 e. The summed E-state index contributed by atoms with van der Waals surface area (Å²) in [7, 11) is 0. The molecule has 0 bridgehead atoms. The second kappa shape index (κ2) is 4.89. The van der Waals surface area contributed by atoms with Crippen LogP contribution in [0.3, 0.4) is 0 Å². The Morgan fingerprint density at radius 3 is 2.09 bits per heavy atom. The molecule has 0 spiro atoms. The molecule has 0 saturated carbocycles. The summed E-state index contributed by atoms with van der Waals surface area (Å²) in [4.78, 5) is 0. The molecule has 0 unspecified atom stereocenters. The van der Waals surface area contributed by atoms with Crippen molar-refractivity contribution < 1.29 is 4.39 Å². The molecule has 0 aromatic rings. The molecule has 0 heterocycles. The monoisotopic (exact) mass is 154 g/mol. The molecule has 0 aliphatic heterocycles. The average Bonchev–Trinajstić information content (AvgIpc) is 1.86. The zero-order chi connectivity index (χ0) is 8.85. The van der Waals surface area contributed by atoms with Gasteiger partial charge in [-0.15, -0.1) is 0 Å². The quantitative estimate of drug-likeness (QED) is 0.529. The Hall–Kier alpha value is -0.850. The second-order valence-electron chi connectivity index (χ2n) is 2.75. The van der Waals surface area contributed by atoms with Crippen LogP contribution in [0.5, 0.6) is 0 Å². The number of allylic oxidation sites excluding steroid dienone is 3. The molecule has 0 atom stereocenters. The van der Waals surface area contributed by atoms with Gasteiger partial charge < -0.3 is 0 Å². The maximum absolute atomic E-state index is 12.1. The molecular weight excluding hydrogens is 139 g/mol. The van der Waals surface area contributed by atoms with Gasteiger partial charge in [-0.25, -0.2) is 4.39 Å². The van der Waals surface area contributed by atoms with Gasteiger partial charge in [0.25, 0.3) is 0 Å². The van der Waals surface area contributed by atoms with E-state index in [0.29, 0.717) is 6.42 Å². The van der Waals surface area contributed by atoms with E-state index in [4.69, 9.17) is 0 Å². The van der Waals surface area contributed by atoms with Gasteiger partial charge in [0.2, 0.25) is 0 Å². The van der Waals surface area contributed by atoms with Crippen molar-refractivity contribution in [1.29, 1.82) is 0 Å². The van der Waals surface area contributed by atoms with Crippen molar-refractivity contribution in [1.82, 2.24) is 0 Å². The van der Waals surface area contributed by atoms with E-state index in [-0.39, 0.29) is 5.83 Å². The fraction of sp³-hybridized carbons (Fsp3) is 0.400. The van der Waals surface area contributed by atoms with Crippen LogP contribution >= 0.6 is 0 Å². The maximum Gasteiger partial charge on any atom is 0.0928 e. The Balaban J connectivity index is 3.47. The molecule has 0 radical (unpaired) electrons. The molecule has 0 amide bonds. The maximum atomic E-state index is 12.1. The van der Waals surface area contributed by atoms with Crippen LogP contribution in [0.1, 0.15) is 26.2 Å². The molecule has 11 heavy (non-hydrogen) atoms. The van der Waals surface area contributed by atoms with Gasteiger partial charge in [-0.3, -0.25) is 0 Å². The first-order valence-electron chi connectivity index (χ1n) is 3.71. The van der Waals surface area contributed by atoms with Crippen LogP contribution in [0.2, 0.25) is 0 Å². The Bertz CT molecular complexity index is 177. The molecule has 0 aromatic carbocycles. The Kier molecular flexibility index (Phi) is 4.51. The van der Waals surface area contributed by atoms with E-state index >= 15 is 0 Å². The van der Waals surface area contributed by atoms with E-state index in [9.17, 15) is 4.39 Å². The highest BCUT2D eigenvalue weighted by Gasteiger charge is 1.96. The summed E-state index contributed by atoms with van der Waals surface area (Å²) in [5.41, 5.74) is 1.99. The zero-order valence-electron chi connectivity index (χ0n) is 7.12. The third-order valence-corrected chi connectivity index (χ3v) is 1.53. The largest absolute Gasteiger partial charge is 0.212 e. The summed E-state index contributed by atoms with van der Waals surface area (Å²) in [6.45, 7) is 12.6. The molecule has 62 valence electrons. The Labute approximate surface area is 68.1 Å². The molecule has 0 N–H and O–H groups in total. The number of halogens is 1. The van der Waals surface area contributed by atoms with Crippen LogP contribution in [0, 0.1) is 0 Å². The van der Waals surface area contributed by atoms with Crippen molar-refractivity contribution in [3.8, 4) is 0 Å². The molecule has 0 aliphatic rings. The third kappa shape index (κ3) is 5.59. The summed E-state index contributed by atoms with van der Waals surface area (Å²) < 4.78 is 12.1. The molecule has 0 aromatic heterocycles. The van der Waals surface area contributed by atoms with E-state index in [1.165, 1.54) is 0 Å². The summed E-state index contributed by atoms with van der Waals surface area (Å²) in [6, 6.07) is 0. The van der Waals surface area contributed by atoms with Gasteiger partial charge in [0.1, 0.15) is 0 Å². The van der Waals surface area contributed by atoms with E-state index in [0.717, 1.165) is 24.0 Å². The van der Waals surface area contributed by atoms with E-state index in [1.54, 1.807) is 0 Å². The van der Waals surface area contributed by atoms with E-state index in [2.05, 4.69) is 19.7 Å². The molecule has 0 fully saturated rings. The standard InChI is InChI=1S/C10H15F/c1-8(2)9(3)6-5-7-10(4)11/h1,3-7H2,2H3. The summed E-state index contributed by atoms with van der Waals surface area (Å²) in [5, 5.41) is 0. The van der Waals surface area contributed by atoms with Crippen molar-refractivity contribution in [2.24, 2.45) is 0 Å². The SMILES string of the molecule is C=C(F)CCCC(=C)C(=C)C. The van der Waals surface area contributed by atoms with Gasteiger partial charge in [0.15, 0.2) is 0 Å².